The molecule has 0 radical (unpaired) electrons. The van der Waals surface area contributed by atoms with E-state index in [1.165, 1.54) is 46.9 Å². The number of aromatic nitrogens is 3. The number of thiophene rings is 1. The van der Waals surface area contributed by atoms with Crippen LogP contribution in [0.4, 0.5) is 0 Å². The van der Waals surface area contributed by atoms with Crippen molar-refractivity contribution in [2.45, 2.75) is 11.4 Å². The standard InChI is InChI=1S/C17H20N4O5S2/c1-20-16(14-5-4-10-27-14)19-21(17(20)22)9-8-18-28(23,24)15-11-12(25-2)6-7-13(15)26-3/h4-7,10-11,18H,8-9H2,1-3H3. The van der Waals surface area contributed by atoms with E-state index in [4.69, 9.17) is 9.47 Å². The summed E-state index contributed by atoms with van der Waals surface area (Å²) in [4.78, 5) is 13.2. The number of hydrogen-bond donors (Lipinski definition) is 1. The molecule has 1 aromatic carbocycles. The van der Waals surface area contributed by atoms with Gasteiger partial charge in [0.1, 0.15) is 16.4 Å². The first-order valence-electron chi connectivity index (χ1n) is 8.27. The molecule has 0 unspecified atom stereocenters. The van der Waals surface area contributed by atoms with Gasteiger partial charge in [-0.1, -0.05) is 6.07 Å². The number of nitrogens with one attached hydrogen (secondary N) is 1. The summed E-state index contributed by atoms with van der Waals surface area (Å²) in [5, 5.41) is 6.20. The Hall–Kier alpha value is -2.63. The van der Waals surface area contributed by atoms with Crippen LogP contribution in [-0.4, -0.2) is 43.5 Å². The van der Waals surface area contributed by atoms with Crippen LogP contribution in [-0.2, 0) is 23.6 Å². The van der Waals surface area contributed by atoms with Crippen molar-refractivity contribution in [3.05, 3.63) is 46.2 Å². The van der Waals surface area contributed by atoms with E-state index in [-0.39, 0.29) is 29.4 Å². The zero-order chi connectivity index (χ0) is 20.3. The summed E-state index contributed by atoms with van der Waals surface area (Å²) in [6.45, 7) is 0.0764. The van der Waals surface area contributed by atoms with Gasteiger partial charge in [-0.2, -0.15) is 0 Å². The van der Waals surface area contributed by atoms with E-state index in [1.54, 1.807) is 13.1 Å². The highest BCUT2D eigenvalue weighted by Crippen LogP contribution is 2.28. The zero-order valence-corrected chi connectivity index (χ0v) is 17.2. The average molecular weight is 425 g/mol. The molecule has 0 atom stereocenters. The van der Waals surface area contributed by atoms with Crippen molar-refractivity contribution in [3.63, 3.8) is 0 Å². The van der Waals surface area contributed by atoms with Gasteiger partial charge in [-0.3, -0.25) is 4.57 Å². The van der Waals surface area contributed by atoms with Crippen molar-refractivity contribution >= 4 is 21.4 Å². The smallest absolute Gasteiger partial charge is 0.345 e. The van der Waals surface area contributed by atoms with Gasteiger partial charge >= 0.3 is 5.69 Å². The summed E-state index contributed by atoms with van der Waals surface area (Å²) in [6.07, 6.45) is 0. The van der Waals surface area contributed by atoms with Gasteiger partial charge in [0.05, 0.1) is 25.6 Å². The van der Waals surface area contributed by atoms with Crippen molar-refractivity contribution in [1.29, 1.82) is 0 Å². The molecule has 0 saturated carbocycles. The van der Waals surface area contributed by atoms with Crippen LogP contribution in [0, 0.1) is 0 Å². The van der Waals surface area contributed by atoms with Gasteiger partial charge < -0.3 is 9.47 Å². The molecular formula is C17H20N4O5S2. The lowest BCUT2D eigenvalue weighted by Crippen LogP contribution is -2.32. The fraction of sp³-hybridized carbons (Fsp3) is 0.294. The lowest BCUT2D eigenvalue weighted by atomic mass is 10.3. The molecule has 3 aromatic rings. The van der Waals surface area contributed by atoms with Gasteiger partial charge in [0.2, 0.25) is 10.0 Å². The Morgan fingerprint density at radius 1 is 1.21 bits per heavy atom. The number of hydrogen-bond acceptors (Lipinski definition) is 7. The molecule has 0 aliphatic rings. The van der Waals surface area contributed by atoms with E-state index in [2.05, 4.69) is 9.82 Å². The first-order chi connectivity index (χ1) is 13.4. The largest absolute Gasteiger partial charge is 0.497 e. The third-order valence-corrected chi connectivity index (χ3v) is 6.41. The maximum atomic E-state index is 12.7. The lowest BCUT2D eigenvalue weighted by Gasteiger charge is -2.12. The Bertz CT molecular complexity index is 1120. The molecule has 0 fully saturated rings. The fourth-order valence-electron chi connectivity index (χ4n) is 2.61. The minimum Gasteiger partial charge on any atom is -0.497 e. The third-order valence-electron chi connectivity index (χ3n) is 4.06. The molecule has 0 spiro atoms. The average Bonchev–Trinajstić information content (AvgIpc) is 3.31. The molecule has 0 bridgehead atoms. The van der Waals surface area contributed by atoms with Gasteiger partial charge in [-0.05, 0) is 23.6 Å². The van der Waals surface area contributed by atoms with E-state index in [9.17, 15) is 13.2 Å². The minimum absolute atomic E-state index is 0.0104. The Morgan fingerprint density at radius 2 is 2.00 bits per heavy atom. The molecule has 0 saturated heterocycles. The summed E-state index contributed by atoms with van der Waals surface area (Å²) in [5.74, 6) is 1.13. The number of nitrogens with zero attached hydrogens (tertiary/aromatic N) is 3. The Morgan fingerprint density at radius 3 is 2.64 bits per heavy atom. The predicted octanol–water partition coefficient (Wildman–Crippen LogP) is 1.31. The number of sulfonamides is 1. The van der Waals surface area contributed by atoms with E-state index < -0.39 is 10.0 Å². The highest BCUT2D eigenvalue weighted by Gasteiger charge is 2.21. The van der Waals surface area contributed by atoms with E-state index in [0.29, 0.717) is 11.6 Å². The zero-order valence-electron chi connectivity index (χ0n) is 15.6. The van der Waals surface area contributed by atoms with Crippen LogP contribution >= 0.6 is 11.3 Å². The van der Waals surface area contributed by atoms with Crippen molar-refractivity contribution in [3.8, 4) is 22.2 Å². The first-order valence-corrected chi connectivity index (χ1v) is 10.6. The van der Waals surface area contributed by atoms with Crippen molar-refractivity contribution in [2.24, 2.45) is 7.05 Å². The summed E-state index contributed by atoms with van der Waals surface area (Å²) >= 11 is 1.47. The maximum absolute atomic E-state index is 12.7. The number of methoxy groups -OCH3 is 2. The van der Waals surface area contributed by atoms with Crippen LogP contribution in [0.25, 0.3) is 10.7 Å². The van der Waals surface area contributed by atoms with E-state index in [1.807, 2.05) is 17.5 Å². The fourth-order valence-corrected chi connectivity index (χ4v) is 4.56. The SMILES string of the molecule is COc1ccc(OC)c(S(=O)(=O)NCCn2nc(-c3cccs3)n(C)c2=O)c1. The monoisotopic (exact) mass is 424 g/mol. The number of ether oxygens (including phenoxy) is 2. The van der Waals surface area contributed by atoms with Crippen molar-refractivity contribution < 1.29 is 17.9 Å². The molecule has 1 N–H and O–H groups in total. The molecule has 3 rings (SSSR count). The Labute approximate surface area is 166 Å². The van der Waals surface area contributed by atoms with Gasteiger partial charge in [0.15, 0.2) is 5.82 Å². The van der Waals surface area contributed by atoms with Crippen LogP contribution in [0.1, 0.15) is 0 Å². The second kappa shape index (κ2) is 8.17. The van der Waals surface area contributed by atoms with Gasteiger partial charge in [-0.25, -0.2) is 22.6 Å². The topological polar surface area (TPSA) is 104 Å². The maximum Gasteiger partial charge on any atom is 0.345 e. The number of benzene rings is 1. The summed E-state index contributed by atoms with van der Waals surface area (Å²) < 4.78 is 40.7. The minimum atomic E-state index is -3.87. The van der Waals surface area contributed by atoms with Crippen molar-refractivity contribution in [1.82, 2.24) is 19.1 Å². The predicted molar refractivity (Wildman–Crippen MR) is 106 cm³/mol. The van der Waals surface area contributed by atoms with Crippen LogP contribution in [0.2, 0.25) is 0 Å². The Kier molecular flexibility index (Phi) is 5.87. The molecule has 0 aliphatic carbocycles. The molecular weight excluding hydrogens is 404 g/mol. The molecule has 150 valence electrons. The number of rotatable bonds is 8. The van der Waals surface area contributed by atoms with Crippen LogP contribution in [0.5, 0.6) is 11.5 Å². The van der Waals surface area contributed by atoms with Crippen LogP contribution in [0.15, 0.2) is 45.4 Å². The summed E-state index contributed by atoms with van der Waals surface area (Å²) in [5.41, 5.74) is -0.318. The van der Waals surface area contributed by atoms with Gasteiger partial charge in [0.25, 0.3) is 0 Å². The molecule has 9 nitrogen and oxygen atoms in total. The van der Waals surface area contributed by atoms with Gasteiger partial charge in [0, 0.05) is 19.7 Å². The molecule has 0 aliphatic heterocycles. The molecule has 0 amide bonds. The third kappa shape index (κ3) is 3.96. The second-order valence-corrected chi connectivity index (χ2v) is 8.46. The normalized spacial score (nSPS) is 11.5. The Balaban J connectivity index is 1.77. The van der Waals surface area contributed by atoms with E-state index in [0.717, 1.165) is 4.88 Å². The molecule has 2 heterocycles. The van der Waals surface area contributed by atoms with Gasteiger partial charge in [-0.15, -0.1) is 16.4 Å². The highest BCUT2D eigenvalue weighted by atomic mass is 32.2. The molecule has 11 heteroatoms. The highest BCUT2D eigenvalue weighted by molar-refractivity contribution is 7.89. The molecule has 28 heavy (non-hydrogen) atoms. The quantitative estimate of drug-likeness (QED) is 0.585. The van der Waals surface area contributed by atoms with E-state index >= 15 is 0 Å². The molecule has 2 aromatic heterocycles. The summed E-state index contributed by atoms with van der Waals surface area (Å²) in [7, 11) is 0.601. The van der Waals surface area contributed by atoms with Crippen molar-refractivity contribution in [2.75, 3.05) is 20.8 Å². The summed E-state index contributed by atoms with van der Waals surface area (Å²) in [6, 6.07) is 8.25. The van der Waals surface area contributed by atoms with Crippen LogP contribution in [0.3, 0.4) is 0 Å². The van der Waals surface area contributed by atoms with Crippen LogP contribution < -0.4 is 19.9 Å². The lowest BCUT2D eigenvalue weighted by molar-refractivity contribution is 0.392. The first kappa shape index (κ1) is 20.1. The second-order valence-electron chi connectivity index (χ2n) is 5.78.